The molecule has 7 heteroatoms. The summed E-state index contributed by atoms with van der Waals surface area (Å²) in [4.78, 5) is 12.0. The Morgan fingerprint density at radius 2 is 1.68 bits per heavy atom. The first-order valence-corrected chi connectivity index (χ1v) is 8.99. The van der Waals surface area contributed by atoms with E-state index in [0.717, 1.165) is 12.8 Å². The molecule has 0 unspecified atom stereocenters. The molecule has 0 aliphatic carbocycles. The van der Waals surface area contributed by atoms with Crippen LogP contribution in [-0.2, 0) is 10.0 Å². The van der Waals surface area contributed by atoms with Gasteiger partial charge < -0.3 is 11.1 Å². The van der Waals surface area contributed by atoms with Crippen molar-refractivity contribution >= 4 is 15.9 Å². The van der Waals surface area contributed by atoms with E-state index in [1.54, 1.807) is 0 Å². The quantitative estimate of drug-likeness (QED) is 0.712. The fourth-order valence-corrected chi connectivity index (χ4v) is 3.69. The van der Waals surface area contributed by atoms with Gasteiger partial charge in [-0.2, -0.15) is 4.31 Å². The van der Waals surface area contributed by atoms with E-state index >= 15 is 0 Å². The van der Waals surface area contributed by atoms with Crippen LogP contribution in [0.4, 0.5) is 0 Å². The van der Waals surface area contributed by atoms with Crippen molar-refractivity contribution in [3.8, 4) is 0 Å². The van der Waals surface area contributed by atoms with E-state index in [0.29, 0.717) is 31.7 Å². The molecule has 0 aliphatic rings. The summed E-state index contributed by atoms with van der Waals surface area (Å²) in [5.41, 5.74) is 5.75. The molecule has 3 N–H and O–H groups in total. The van der Waals surface area contributed by atoms with Crippen molar-refractivity contribution in [1.29, 1.82) is 0 Å². The van der Waals surface area contributed by atoms with Crippen LogP contribution in [0.5, 0.6) is 0 Å². The zero-order chi connectivity index (χ0) is 16.6. The monoisotopic (exact) mass is 327 g/mol. The number of carbonyl (C=O) groups is 1. The van der Waals surface area contributed by atoms with Crippen LogP contribution < -0.4 is 11.1 Å². The zero-order valence-corrected chi connectivity index (χ0v) is 14.0. The van der Waals surface area contributed by atoms with Gasteiger partial charge in [0.2, 0.25) is 10.0 Å². The number of amides is 1. The minimum atomic E-state index is -3.50. The van der Waals surface area contributed by atoms with Gasteiger partial charge in [0.05, 0.1) is 4.90 Å². The van der Waals surface area contributed by atoms with Crippen LogP contribution in [0.2, 0.25) is 0 Å². The third kappa shape index (κ3) is 4.79. The highest BCUT2D eigenvalue weighted by atomic mass is 32.2. The molecular weight excluding hydrogens is 302 g/mol. The van der Waals surface area contributed by atoms with E-state index in [4.69, 9.17) is 5.73 Å². The molecule has 0 aromatic heterocycles. The van der Waals surface area contributed by atoms with E-state index in [-0.39, 0.29) is 10.8 Å². The van der Waals surface area contributed by atoms with E-state index in [2.05, 4.69) is 5.32 Å². The maximum Gasteiger partial charge on any atom is 0.251 e. The van der Waals surface area contributed by atoms with Gasteiger partial charge in [0.15, 0.2) is 0 Å². The summed E-state index contributed by atoms with van der Waals surface area (Å²) < 4.78 is 26.6. The first-order chi connectivity index (χ1) is 10.5. The van der Waals surface area contributed by atoms with Crippen molar-refractivity contribution in [2.75, 3.05) is 26.2 Å². The van der Waals surface area contributed by atoms with Gasteiger partial charge in [0.25, 0.3) is 5.91 Å². The number of benzene rings is 1. The highest BCUT2D eigenvalue weighted by Gasteiger charge is 2.23. The van der Waals surface area contributed by atoms with Crippen LogP contribution in [0.3, 0.4) is 0 Å². The molecule has 6 nitrogen and oxygen atoms in total. The molecule has 1 aromatic rings. The number of hydrogen-bond acceptors (Lipinski definition) is 4. The Morgan fingerprint density at radius 3 is 2.14 bits per heavy atom. The predicted octanol–water partition coefficient (Wildman–Crippen LogP) is 1.19. The maximum atomic E-state index is 12.6. The standard InChI is InChI=1S/C15H25N3O3S/c1-3-11-18(12-4-2)22(20,21)14-7-5-13(6-8-14)15(19)17-10-9-16/h5-8H,3-4,9-12,16H2,1-2H3,(H,17,19). The number of nitrogens with two attached hydrogens (primary N) is 1. The molecule has 0 bridgehead atoms. The minimum absolute atomic E-state index is 0.213. The molecule has 124 valence electrons. The van der Waals surface area contributed by atoms with Gasteiger partial charge >= 0.3 is 0 Å². The van der Waals surface area contributed by atoms with Crippen LogP contribution in [0.1, 0.15) is 37.0 Å². The second-order valence-corrected chi connectivity index (χ2v) is 6.91. The molecule has 1 rings (SSSR count). The van der Waals surface area contributed by atoms with Crippen LogP contribution in [0, 0.1) is 0 Å². The number of carbonyl (C=O) groups excluding carboxylic acids is 1. The van der Waals surface area contributed by atoms with Crippen molar-refractivity contribution in [3.63, 3.8) is 0 Å². The van der Waals surface area contributed by atoms with E-state index in [1.165, 1.54) is 28.6 Å². The molecule has 0 heterocycles. The third-order valence-electron chi connectivity index (χ3n) is 3.13. The summed E-state index contributed by atoms with van der Waals surface area (Å²) in [6.45, 7) is 5.64. The molecule has 0 aliphatic heterocycles. The maximum absolute atomic E-state index is 12.6. The molecule has 0 spiro atoms. The van der Waals surface area contributed by atoms with Gasteiger partial charge in [-0.15, -0.1) is 0 Å². The van der Waals surface area contributed by atoms with Crippen LogP contribution in [0.15, 0.2) is 29.2 Å². The molecule has 0 saturated heterocycles. The summed E-state index contributed by atoms with van der Waals surface area (Å²) in [7, 11) is -3.50. The van der Waals surface area contributed by atoms with Crippen molar-refractivity contribution in [3.05, 3.63) is 29.8 Å². The molecular formula is C15H25N3O3S. The summed E-state index contributed by atoms with van der Waals surface area (Å²) in [6, 6.07) is 6.00. The summed E-state index contributed by atoms with van der Waals surface area (Å²) in [5.74, 6) is -0.256. The van der Waals surface area contributed by atoms with Crippen LogP contribution in [-0.4, -0.2) is 44.8 Å². The van der Waals surface area contributed by atoms with Gasteiger partial charge in [-0.25, -0.2) is 8.42 Å². The Labute approximate surface area is 132 Å². The first kappa shape index (κ1) is 18.6. The number of hydrogen-bond donors (Lipinski definition) is 2. The van der Waals surface area contributed by atoms with E-state index in [9.17, 15) is 13.2 Å². The average molecular weight is 327 g/mol. The molecule has 1 amide bonds. The third-order valence-corrected chi connectivity index (χ3v) is 5.04. The zero-order valence-electron chi connectivity index (χ0n) is 13.2. The van der Waals surface area contributed by atoms with Gasteiger partial charge in [0.1, 0.15) is 0 Å². The van der Waals surface area contributed by atoms with E-state index < -0.39 is 10.0 Å². The number of sulfonamides is 1. The second kappa shape index (κ2) is 8.87. The van der Waals surface area contributed by atoms with Gasteiger partial charge in [-0.05, 0) is 37.1 Å². The molecule has 0 radical (unpaired) electrons. The molecule has 0 saturated carbocycles. The Morgan fingerprint density at radius 1 is 1.14 bits per heavy atom. The number of nitrogens with zero attached hydrogens (tertiary/aromatic N) is 1. The SMILES string of the molecule is CCCN(CCC)S(=O)(=O)c1ccc(C(=O)NCCN)cc1. The Balaban J connectivity index is 2.94. The molecule has 0 atom stereocenters. The Kier molecular flexibility index (Phi) is 7.50. The van der Waals surface area contributed by atoms with Crippen LogP contribution >= 0.6 is 0 Å². The lowest BCUT2D eigenvalue weighted by Crippen LogP contribution is -2.32. The fraction of sp³-hybridized carbons (Fsp3) is 0.533. The lowest BCUT2D eigenvalue weighted by Gasteiger charge is -2.21. The van der Waals surface area contributed by atoms with Crippen molar-refractivity contribution in [1.82, 2.24) is 9.62 Å². The smallest absolute Gasteiger partial charge is 0.251 e. The van der Waals surface area contributed by atoms with Crippen molar-refractivity contribution in [2.24, 2.45) is 5.73 Å². The minimum Gasteiger partial charge on any atom is -0.351 e. The van der Waals surface area contributed by atoms with Gasteiger partial charge in [-0.3, -0.25) is 4.79 Å². The molecule has 0 fully saturated rings. The molecule has 1 aromatic carbocycles. The first-order valence-electron chi connectivity index (χ1n) is 7.55. The predicted molar refractivity (Wildman–Crippen MR) is 87.2 cm³/mol. The van der Waals surface area contributed by atoms with Gasteiger partial charge in [0, 0.05) is 31.7 Å². The normalized spacial score (nSPS) is 11.6. The average Bonchev–Trinajstić information content (AvgIpc) is 2.52. The summed E-state index contributed by atoms with van der Waals surface area (Å²) in [5, 5.41) is 2.65. The highest BCUT2D eigenvalue weighted by molar-refractivity contribution is 7.89. The summed E-state index contributed by atoms with van der Waals surface area (Å²) >= 11 is 0. The highest BCUT2D eigenvalue weighted by Crippen LogP contribution is 2.17. The number of rotatable bonds is 9. The largest absolute Gasteiger partial charge is 0.351 e. The van der Waals surface area contributed by atoms with Crippen LogP contribution in [0.25, 0.3) is 0 Å². The fourth-order valence-electron chi connectivity index (χ4n) is 2.07. The van der Waals surface area contributed by atoms with Crippen molar-refractivity contribution in [2.45, 2.75) is 31.6 Å². The number of nitrogens with one attached hydrogen (secondary N) is 1. The van der Waals surface area contributed by atoms with E-state index in [1.807, 2.05) is 13.8 Å². The van der Waals surface area contributed by atoms with Gasteiger partial charge in [-0.1, -0.05) is 13.8 Å². The summed E-state index contributed by atoms with van der Waals surface area (Å²) in [6.07, 6.45) is 1.53. The molecule has 22 heavy (non-hydrogen) atoms. The van der Waals surface area contributed by atoms with Crippen molar-refractivity contribution < 1.29 is 13.2 Å². The Hall–Kier alpha value is -1.44. The second-order valence-electron chi connectivity index (χ2n) is 4.97. The lowest BCUT2D eigenvalue weighted by atomic mass is 10.2. The lowest BCUT2D eigenvalue weighted by molar-refractivity contribution is 0.0954. The topological polar surface area (TPSA) is 92.5 Å². The Bertz CT molecular complexity index is 564.